The van der Waals surface area contributed by atoms with Crippen molar-refractivity contribution in [2.75, 3.05) is 33.4 Å². The van der Waals surface area contributed by atoms with Gasteiger partial charge in [-0.1, -0.05) is 0 Å². The highest BCUT2D eigenvalue weighted by atomic mass is 19.1. The molecule has 14 heavy (non-hydrogen) atoms. The summed E-state index contributed by atoms with van der Waals surface area (Å²) in [5.41, 5.74) is -1.73. The molecule has 0 aliphatic carbocycles. The Morgan fingerprint density at radius 2 is 2.50 bits per heavy atom. The first kappa shape index (κ1) is 11.4. The minimum atomic E-state index is -1.73. The lowest BCUT2D eigenvalue weighted by molar-refractivity contribution is -0.134. The molecule has 0 aromatic rings. The van der Waals surface area contributed by atoms with Crippen LogP contribution in [0.1, 0.15) is 12.8 Å². The molecule has 0 bridgehead atoms. The maximum absolute atomic E-state index is 13.9. The summed E-state index contributed by atoms with van der Waals surface area (Å²) in [6.45, 7) is 1.68. The number of piperidine rings is 1. The van der Waals surface area contributed by atoms with Gasteiger partial charge in [0.1, 0.15) is 0 Å². The van der Waals surface area contributed by atoms with Crippen molar-refractivity contribution in [3.8, 4) is 0 Å². The normalized spacial score (nSPS) is 27.3. The van der Waals surface area contributed by atoms with Gasteiger partial charge in [-0.15, -0.1) is 0 Å². The second kappa shape index (κ2) is 5.26. The highest BCUT2D eigenvalue weighted by Crippen LogP contribution is 2.20. The molecule has 82 valence electrons. The summed E-state index contributed by atoms with van der Waals surface area (Å²) in [5.74, 6) is -0.526. The predicted octanol–water partition coefficient (Wildman–Crippen LogP) is -0.159. The average molecular weight is 204 g/mol. The van der Waals surface area contributed by atoms with E-state index in [0.29, 0.717) is 26.0 Å². The van der Waals surface area contributed by atoms with Crippen molar-refractivity contribution in [2.45, 2.75) is 18.5 Å². The lowest BCUT2D eigenvalue weighted by Gasteiger charge is -2.28. The molecular formula is C9H17FN2O2. The van der Waals surface area contributed by atoms with E-state index in [1.807, 2.05) is 0 Å². The molecule has 0 saturated carbocycles. The Labute approximate surface area is 83.2 Å². The third kappa shape index (κ3) is 2.92. The second-order valence-corrected chi connectivity index (χ2v) is 3.49. The Morgan fingerprint density at radius 1 is 1.71 bits per heavy atom. The third-order valence-electron chi connectivity index (χ3n) is 2.33. The van der Waals surface area contributed by atoms with E-state index in [-0.39, 0.29) is 6.54 Å². The van der Waals surface area contributed by atoms with Crippen LogP contribution in [0, 0.1) is 0 Å². The van der Waals surface area contributed by atoms with Crippen molar-refractivity contribution >= 4 is 5.91 Å². The zero-order valence-corrected chi connectivity index (χ0v) is 8.44. The van der Waals surface area contributed by atoms with Crippen LogP contribution in [-0.4, -0.2) is 44.9 Å². The fourth-order valence-corrected chi connectivity index (χ4v) is 1.49. The van der Waals surface area contributed by atoms with E-state index >= 15 is 0 Å². The molecule has 0 aromatic heterocycles. The van der Waals surface area contributed by atoms with E-state index in [9.17, 15) is 9.18 Å². The lowest BCUT2D eigenvalue weighted by atomic mass is 9.95. The molecular weight excluding hydrogens is 187 g/mol. The number of hydrogen-bond donors (Lipinski definition) is 2. The maximum Gasteiger partial charge on any atom is 0.259 e. The topological polar surface area (TPSA) is 50.4 Å². The number of alkyl halides is 1. The Bertz CT molecular complexity index is 193. The molecule has 0 radical (unpaired) electrons. The maximum atomic E-state index is 13.9. The Kier molecular flexibility index (Phi) is 4.28. The molecule has 1 atom stereocenters. The molecule has 5 heteroatoms. The van der Waals surface area contributed by atoms with Crippen molar-refractivity contribution in [3.05, 3.63) is 0 Å². The standard InChI is InChI=1S/C9H17FN2O2/c1-14-6-5-12-8(13)9(10)3-2-4-11-7-9/h11H,2-7H2,1H3,(H,12,13). The Balaban J connectivity index is 2.33. The van der Waals surface area contributed by atoms with Crippen LogP contribution in [0.15, 0.2) is 0 Å². The highest BCUT2D eigenvalue weighted by molar-refractivity contribution is 5.85. The molecule has 1 aliphatic heterocycles. The van der Waals surface area contributed by atoms with Gasteiger partial charge in [0.2, 0.25) is 5.67 Å². The van der Waals surface area contributed by atoms with Gasteiger partial charge in [-0.25, -0.2) is 4.39 Å². The number of ether oxygens (including phenoxy) is 1. The van der Waals surface area contributed by atoms with Crippen LogP contribution in [0.3, 0.4) is 0 Å². The molecule has 1 aliphatic rings. The van der Waals surface area contributed by atoms with Gasteiger partial charge in [0.25, 0.3) is 5.91 Å². The van der Waals surface area contributed by atoms with Crippen LogP contribution >= 0.6 is 0 Å². The molecule has 4 nitrogen and oxygen atoms in total. The van der Waals surface area contributed by atoms with Gasteiger partial charge in [0, 0.05) is 20.2 Å². The van der Waals surface area contributed by atoms with Gasteiger partial charge >= 0.3 is 0 Å². The van der Waals surface area contributed by atoms with Crippen LogP contribution < -0.4 is 10.6 Å². The fraction of sp³-hybridized carbons (Fsp3) is 0.889. The number of amides is 1. The predicted molar refractivity (Wildman–Crippen MR) is 50.8 cm³/mol. The van der Waals surface area contributed by atoms with E-state index in [1.165, 1.54) is 0 Å². The summed E-state index contributed by atoms with van der Waals surface area (Å²) in [4.78, 5) is 11.4. The third-order valence-corrected chi connectivity index (χ3v) is 2.33. The van der Waals surface area contributed by atoms with E-state index in [0.717, 1.165) is 6.54 Å². The summed E-state index contributed by atoms with van der Waals surface area (Å²) < 4.78 is 18.6. The SMILES string of the molecule is COCCNC(=O)C1(F)CCCNC1. The first-order chi connectivity index (χ1) is 6.69. The monoisotopic (exact) mass is 204 g/mol. The minimum absolute atomic E-state index is 0.117. The molecule has 1 saturated heterocycles. The molecule has 1 amide bonds. The van der Waals surface area contributed by atoms with Gasteiger partial charge in [0.15, 0.2) is 0 Å². The summed E-state index contributed by atoms with van der Waals surface area (Å²) in [7, 11) is 1.54. The quantitative estimate of drug-likeness (QED) is 0.626. The summed E-state index contributed by atoms with van der Waals surface area (Å²) in [5, 5.41) is 5.39. The molecule has 0 spiro atoms. The minimum Gasteiger partial charge on any atom is -0.383 e. The van der Waals surface area contributed by atoms with Crippen LogP contribution in [0.2, 0.25) is 0 Å². The van der Waals surface area contributed by atoms with Crippen molar-refractivity contribution in [3.63, 3.8) is 0 Å². The summed E-state index contributed by atoms with van der Waals surface area (Å²) >= 11 is 0. The number of methoxy groups -OCH3 is 1. The Hall–Kier alpha value is -0.680. The average Bonchev–Trinajstić information content (AvgIpc) is 2.19. The molecule has 1 rings (SSSR count). The molecule has 1 unspecified atom stereocenters. The van der Waals surface area contributed by atoms with Crippen molar-refractivity contribution in [1.29, 1.82) is 0 Å². The van der Waals surface area contributed by atoms with Gasteiger partial charge in [-0.3, -0.25) is 4.79 Å². The summed E-state index contributed by atoms with van der Waals surface area (Å²) in [6, 6.07) is 0. The number of hydrogen-bond acceptors (Lipinski definition) is 3. The number of carbonyl (C=O) groups is 1. The number of rotatable bonds is 4. The molecule has 1 fully saturated rings. The van der Waals surface area contributed by atoms with Crippen molar-refractivity contribution in [1.82, 2.24) is 10.6 Å². The number of halogens is 1. The zero-order chi connectivity index (χ0) is 10.4. The number of nitrogens with one attached hydrogen (secondary N) is 2. The van der Waals surface area contributed by atoms with Crippen LogP contribution in [0.5, 0.6) is 0 Å². The zero-order valence-electron chi connectivity index (χ0n) is 8.44. The molecule has 0 aromatic carbocycles. The van der Waals surface area contributed by atoms with Gasteiger partial charge in [-0.05, 0) is 19.4 Å². The van der Waals surface area contributed by atoms with Crippen molar-refractivity contribution < 1.29 is 13.9 Å². The fourth-order valence-electron chi connectivity index (χ4n) is 1.49. The molecule has 1 heterocycles. The highest BCUT2D eigenvalue weighted by Gasteiger charge is 2.39. The first-order valence-corrected chi connectivity index (χ1v) is 4.86. The van der Waals surface area contributed by atoms with E-state index < -0.39 is 11.6 Å². The first-order valence-electron chi connectivity index (χ1n) is 4.86. The smallest absolute Gasteiger partial charge is 0.259 e. The van der Waals surface area contributed by atoms with Gasteiger partial charge in [0.05, 0.1) is 6.61 Å². The molecule has 2 N–H and O–H groups in total. The van der Waals surface area contributed by atoms with Crippen LogP contribution in [0.25, 0.3) is 0 Å². The van der Waals surface area contributed by atoms with E-state index in [1.54, 1.807) is 7.11 Å². The lowest BCUT2D eigenvalue weighted by Crippen LogP contribution is -2.53. The Morgan fingerprint density at radius 3 is 3.07 bits per heavy atom. The van der Waals surface area contributed by atoms with Crippen LogP contribution in [-0.2, 0) is 9.53 Å². The van der Waals surface area contributed by atoms with Gasteiger partial charge in [-0.2, -0.15) is 0 Å². The second-order valence-electron chi connectivity index (χ2n) is 3.49. The van der Waals surface area contributed by atoms with Crippen molar-refractivity contribution in [2.24, 2.45) is 0 Å². The van der Waals surface area contributed by atoms with E-state index in [2.05, 4.69) is 10.6 Å². The largest absolute Gasteiger partial charge is 0.383 e. The van der Waals surface area contributed by atoms with Crippen LogP contribution in [0.4, 0.5) is 4.39 Å². The number of carbonyl (C=O) groups excluding carboxylic acids is 1. The van der Waals surface area contributed by atoms with Gasteiger partial charge < -0.3 is 15.4 Å². The summed E-state index contributed by atoms with van der Waals surface area (Å²) in [6.07, 6.45) is 1.01. The van der Waals surface area contributed by atoms with E-state index in [4.69, 9.17) is 4.74 Å².